The van der Waals surface area contributed by atoms with E-state index >= 15 is 0 Å². The topological polar surface area (TPSA) is 66.5 Å². The van der Waals surface area contributed by atoms with Gasteiger partial charge >= 0.3 is 5.97 Å². The van der Waals surface area contributed by atoms with E-state index in [9.17, 15) is 4.79 Å². The summed E-state index contributed by atoms with van der Waals surface area (Å²) in [6, 6.07) is 21.4. The predicted molar refractivity (Wildman–Crippen MR) is 123 cm³/mol. The summed E-state index contributed by atoms with van der Waals surface area (Å²) in [7, 11) is 1.63. The number of ether oxygens (including phenoxy) is 2. The summed E-state index contributed by atoms with van der Waals surface area (Å²) in [4.78, 5) is 12.3. The van der Waals surface area contributed by atoms with E-state index in [0.29, 0.717) is 17.0 Å². The van der Waals surface area contributed by atoms with Crippen LogP contribution in [0.15, 0.2) is 83.5 Å². The van der Waals surface area contributed by atoms with Crippen LogP contribution in [0.5, 0.6) is 5.75 Å². The summed E-state index contributed by atoms with van der Waals surface area (Å²) in [5, 5.41) is 4.84. The molecule has 2 aromatic carbocycles. The molecule has 2 aromatic heterocycles. The Hall–Kier alpha value is -4.06. The van der Waals surface area contributed by atoms with Crippen molar-refractivity contribution >= 4 is 11.5 Å². The summed E-state index contributed by atoms with van der Waals surface area (Å²) < 4.78 is 17.9. The van der Waals surface area contributed by atoms with Crippen molar-refractivity contribution in [1.82, 2.24) is 9.78 Å². The molecular formula is C26H24N2O4. The first kappa shape index (κ1) is 21.2. The third-order valence-electron chi connectivity index (χ3n) is 4.99. The molecule has 6 heteroatoms. The first-order valence-corrected chi connectivity index (χ1v) is 10.3. The van der Waals surface area contributed by atoms with Crippen LogP contribution in [0.3, 0.4) is 0 Å². The lowest BCUT2D eigenvalue weighted by Crippen LogP contribution is -2.03. The zero-order valence-corrected chi connectivity index (χ0v) is 18.2. The van der Waals surface area contributed by atoms with Crippen LogP contribution in [-0.2, 0) is 9.53 Å². The number of rotatable bonds is 7. The molecule has 0 radical (unpaired) electrons. The number of furan rings is 1. The molecule has 0 atom stereocenters. The molecule has 0 aliphatic carbocycles. The number of aryl methyl sites for hydroxylation is 1. The van der Waals surface area contributed by atoms with E-state index in [4.69, 9.17) is 19.0 Å². The second kappa shape index (κ2) is 9.39. The average molecular weight is 428 g/mol. The highest BCUT2D eigenvalue weighted by atomic mass is 16.5. The quantitative estimate of drug-likeness (QED) is 0.289. The molecule has 32 heavy (non-hydrogen) atoms. The van der Waals surface area contributed by atoms with Crippen molar-refractivity contribution in [3.63, 3.8) is 0 Å². The highest BCUT2D eigenvalue weighted by Gasteiger charge is 2.19. The van der Waals surface area contributed by atoms with Gasteiger partial charge in [0.15, 0.2) is 0 Å². The Morgan fingerprint density at radius 1 is 1.09 bits per heavy atom. The normalized spacial score (nSPS) is 11.4. The van der Waals surface area contributed by atoms with E-state index in [-0.39, 0.29) is 6.61 Å². The molecule has 162 valence electrons. The molecule has 0 amide bonds. The third kappa shape index (κ3) is 4.49. The van der Waals surface area contributed by atoms with Crippen LogP contribution in [0.25, 0.3) is 22.5 Å². The number of carbonyl (C=O) groups is 1. The molecule has 2 heterocycles. The number of methoxy groups -OCH3 is 1. The van der Waals surface area contributed by atoms with Gasteiger partial charge in [0.2, 0.25) is 0 Å². The van der Waals surface area contributed by atoms with E-state index in [1.807, 2.05) is 41.9 Å². The number of esters is 1. The molecule has 0 fully saturated rings. The number of benzene rings is 2. The maximum absolute atomic E-state index is 12.3. The minimum absolute atomic E-state index is 0.287. The van der Waals surface area contributed by atoms with Gasteiger partial charge in [-0.2, -0.15) is 5.10 Å². The third-order valence-corrected chi connectivity index (χ3v) is 4.99. The van der Waals surface area contributed by atoms with Gasteiger partial charge in [0, 0.05) is 11.6 Å². The Morgan fingerprint density at radius 3 is 2.47 bits per heavy atom. The van der Waals surface area contributed by atoms with Crippen LogP contribution >= 0.6 is 0 Å². The second-order valence-electron chi connectivity index (χ2n) is 7.18. The standard InChI is InChI=1S/C26H24N2O4/c1-4-31-26(29)16-22(25-6-5-15-32-25)23-17-24(19-9-7-18(2)8-10-19)28(27-23)20-11-13-21(30-3)14-12-20/h5-17H,4H2,1-3H3/b22-16-. The van der Waals surface area contributed by atoms with E-state index in [1.54, 1.807) is 32.4 Å². The fourth-order valence-corrected chi connectivity index (χ4v) is 3.37. The Bertz CT molecular complexity index is 1220. The van der Waals surface area contributed by atoms with E-state index in [0.717, 1.165) is 22.7 Å². The first-order valence-electron chi connectivity index (χ1n) is 10.3. The molecule has 6 nitrogen and oxygen atoms in total. The lowest BCUT2D eigenvalue weighted by molar-refractivity contribution is -0.137. The van der Waals surface area contributed by atoms with Gasteiger partial charge in [-0.15, -0.1) is 0 Å². The maximum atomic E-state index is 12.3. The highest BCUT2D eigenvalue weighted by Crippen LogP contribution is 2.31. The highest BCUT2D eigenvalue weighted by molar-refractivity contribution is 5.95. The summed E-state index contributed by atoms with van der Waals surface area (Å²) in [5.41, 5.74) is 5.06. The summed E-state index contributed by atoms with van der Waals surface area (Å²) in [6.45, 7) is 4.11. The van der Waals surface area contributed by atoms with Crippen molar-refractivity contribution in [2.75, 3.05) is 13.7 Å². The molecule has 4 aromatic rings. The van der Waals surface area contributed by atoms with Crippen LogP contribution < -0.4 is 4.74 Å². The van der Waals surface area contributed by atoms with Crippen LogP contribution in [0.2, 0.25) is 0 Å². The van der Waals surface area contributed by atoms with Crippen LogP contribution in [-0.4, -0.2) is 29.5 Å². The largest absolute Gasteiger partial charge is 0.497 e. The van der Waals surface area contributed by atoms with Gasteiger partial charge in [-0.25, -0.2) is 9.48 Å². The second-order valence-corrected chi connectivity index (χ2v) is 7.18. The van der Waals surface area contributed by atoms with Gasteiger partial charge in [0.05, 0.1) is 42.6 Å². The number of hydrogen-bond acceptors (Lipinski definition) is 5. The SMILES string of the molecule is CCOC(=O)/C=C(/c1cc(-c2ccc(C)cc2)n(-c2ccc(OC)cc2)n1)c1ccco1. The molecule has 0 saturated carbocycles. The van der Waals surface area contributed by atoms with E-state index in [1.165, 1.54) is 11.6 Å². The number of carbonyl (C=O) groups excluding carboxylic acids is 1. The molecule has 4 rings (SSSR count). The minimum atomic E-state index is -0.449. The fourth-order valence-electron chi connectivity index (χ4n) is 3.37. The number of aromatic nitrogens is 2. The molecule has 0 aliphatic heterocycles. The summed E-state index contributed by atoms with van der Waals surface area (Å²) >= 11 is 0. The van der Waals surface area contributed by atoms with E-state index in [2.05, 4.69) is 24.3 Å². The Balaban J connectivity index is 1.88. The van der Waals surface area contributed by atoms with Crippen molar-refractivity contribution in [3.05, 3.63) is 96.1 Å². The molecule has 0 bridgehead atoms. The Labute approximate surface area is 186 Å². The molecule has 0 spiro atoms. The zero-order chi connectivity index (χ0) is 22.5. The van der Waals surface area contributed by atoms with Gasteiger partial charge in [-0.1, -0.05) is 29.8 Å². The molecule has 0 saturated heterocycles. The molecule has 0 unspecified atom stereocenters. The number of hydrogen-bond donors (Lipinski definition) is 0. The maximum Gasteiger partial charge on any atom is 0.331 e. The molecular weight excluding hydrogens is 404 g/mol. The fraction of sp³-hybridized carbons (Fsp3) is 0.154. The van der Waals surface area contributed by atoms with Crippen molar-refractivity contribution in [2.24, 2.45) is 0 Å². The zero-order valence-electron chi connectivity index (χ0n) is 18.2. The van der Waals surface area contributed by atoms with Gasteiger partial charge in [-0.05, 0) is 56.3 Å². The minimum Gasteiger partial charge on any atom is -0.497 e. The van der Waals surface area contributed by atoms with Crippen molar-refractivity contribution in [3.8, 4) is 22.7 Å². The van der Waals surface area contributed by atoms with Crippen molar-refractivity contribution in [1.29, 1.82) is 0 Å². The lowest BCUT2D eigenvalue weighted by Gasteiger charge is -2.09. The van der Waals surface area contributed by atoms with Gasteiger partial charge in [0.1, 0.15) is 11.5 Å². The molecule has 0 aliphatic rings. The average Bonchev–Trinajstić information content (AvgIpc) is 3.49. The van der Waals surface area contributed by atoms with Crippen molar-refractivity contribution < 1.29 is 18.7 Å². The number of nitrogens with zero attached hydrogens (tertiary/aromatic N) is 2. The smallest absolute Gasteiger partial charge is 0.331 e. The van der Waals surface area contributed by atoms with Gasteiger partial charge < -0.3 is 13.9 Å². The predicted octanol–water partition coefficient (Wildman–Crippen LogP) is 5.44. The van der Waals surface area contributed by atoms with Gasteiger partial charge in [-0.3, -0.25) is 0 Å². The van der Waals surface area contributed by atoms with Gasteiger partial charge in [0.25, 0.3) is 0 Å². The van der Waals surface area contributed by atoms with Crippen LogP contribution in [0, 0.1) is 6.92 Å². The Kier molecular flexibility index (Phi) is 6.22. The molecule has 0 N–H and O–H groups in total. The van der Waals surface area contributed by atoms with Crippen LogP contribution in [0.1, 0.15) is 23.9 Å². The first-order chi connectivity index (χ1) is 15.6. The van der Waals surface area contributed by atoms with Crippen LogP contribution in [0.4, 0.5) is 0 Å². The summed E-state index contributed by atoms with van der Waals surface area (Å²) in [5.74, 6) is 0.846. The Morgan fingerprint density at radius 2 is 1.84 bits per heavy atom. The van der Waals surface area contributed by atoms with Crippen molar-refractivity contribution in [2.45, 2.75) is 13.8 Å². The monoisotopic (exact) mass is 428 g/mol. The summed E-state index contributed by atoms with van der Waals surface area (Å²) in [6.07, 6.45) is 2.98. The lowest BCUT2D eigenvalue weighted by atomic mass is 10.1. The van der Waals surface area contributed by atoms with E-state index < -0.39 is 5.97 Å².